The maximum Gasteiger partial charge on any atom is 0.332 e. The summed E-state index contributed by atoms with van der Waals surface area (Å²) in [5.41, 5.74) is 0. The highest BCUT2D eigenvalue weighted by Crippen LogP contribution is 1.97. The minimum absolute atomic E-state index is 0.506. The maximum absolute atomic E-state index is 10.6. The third-order valence-electron chi connectivity index (χ3n) is 1.23. The van der Waals surface area contributed by atoms with Crippen LogP contribution in [0.15, 0.2) is 12.7 Å². The van der Waals surface area contributed by atoms with E-state index in [1.54, 1.807) is 6.92 Å². The van der Waals surface area contributed by atoms with Gasteiger partial charge in [-0.15, -0.1) is 0 Å². The molecule has 0 N–H and O–H groups in total. The summed E-state index contributed by atoms with van der Waals surface area (Å²) in [6.07, 6.45) is 2.33. The third kappa shape index (κ3) is 7.49. The Kier molecular flexibility index (Phi) is 7.24. The number of hydrogen-bond donors (Lipinski definition) is 0. The molecule has 13 heavy (non-hydrogen) atoms. The third-order valence-corrected chi connectivity index (χ3v) is 1.23. The molecule has 76 valence electrons. The summed E-state index contributed by atoms with van der Waals surface area (Å²) in [4.78, 5) is 20.1. The van der Waals surface area contributed by atoms with E-state index in [0.29, 0.717) is 6.61 Å². The van der Waals surface area contributed by atoms with Crippen LogP contribution < -0.4 is 0 Å². The molecule has 4 heteroatoms. The second-order valence-corrected chi connectivity index (χ2v) is 2.48. The summed E-state index contributed by atoms with van der Waals surface area (Å²) in [7, 11) is 0. The van der Waals surface area contributed by atoms with Gasteiger partial charge in [0.05, 0.1) is 6.61 Å². The molecule has 4 nitrogen and oxygen atoms in total. The monoisotopic (exact) mass is 188 g/mol. The highest BCUT2D eigenvalue weighted by molar-refractivity contribution is 5.81. The van der Waals surface area contributed by atoms with Gasteiger partial charge in [0.1, 0.15) is 0 Å². The van der Waals surface area contributed by atoms with Crippen molar-refractivity contribution in [2.45, 2.75) is 33.0 Å². The second kappa shape index (κ2) is 7.76. The maximum atomic E-state index is 10.6. The van der Waals surface area contributed by atoms with Crippen molar-refractivity contribution in [2.75, 3.05) is 6.61 Å². The molecule has 0 bridgehead atoms. The summed E-state index contributed by atoms with van der Waals surface area (Å²) in [6, 6.07) is 0. The molecule has 0 aromatic carbocycles. The zero-order valence-electron chi connectivity index (χ0n) is 8.12. The van der Waals surface area contributed by atoms with Gasteiger partial charge >= 0.3 is 5.97 Å². The van der Waals surface area contributed by atoms with Crippen molar-refractivity contribution in [3.8, 4) is 0 Å². The zero-order chi connectivity index (χ0) is 10.1. The van der Waals surface area contributed by atoms with E-state index in [2.05, 4.69) is 11.3 Å². The van der Waals surface area contributed by atoms with Crippen LogP contribution in [0.5, 0.6) is 0 Å². The van der Waals surface area contributed by atoms with E-state index in [9.17, 15) is 4.79 Å². The SMILES string of the molecule is C=CC(=O)OC(C)OOCCCC. The highest BCUT2D eigenvalue weighted by atomic mass is 17.2. The Bertz CT molecular complexity index is 156. The Labute approximate surface area is 78.4 Å². The summed E-state index contributed by atoms with van der Waals surface area (Å²) < 4.78 is 4.68. The highest BCUT2D eigenvalue weighted by Gasteiger charge is 2.06. The van der Waals surface area contributed by atoms with Gasteiger partial charge in [0.15, 0.2) is 0 Å². The van der Waals surface area contributed by atoms with Gasteiger partial charge < -0.3 is 4.74 Å². The normalized spacial score (nSPS) is 12.2. The molecule has 1 atom stereocenters. The van der Waals surface area contributed by atoms with Crippen LogP contribution in [0.1, 0.15) is 26.7 Å². The fourth-order valence-corrected chi connectivity index (χ4v) is 0.579. The smallest absolute Gasteiger partial charge is 0.332 e. The number of carbonyl (C=O) groups is 1. The molecule has 0 saturated carbocycles. The van der Waals surface area contributed by atoms with Crippen LogP contribution in [-0.4, -0.2) is 18.9 Å². The van der Waals surface area contributed by atoms with Gasteiger partial charge in [-0.3, -0.25) is 0 Å². The molecule has 0 heterocycles. The van der Waals surface area contributed by atoms with Crippen LogP contribution in [0.3, 0.4) is 0 Å². The predicted octanol–water partition coefficient (Wildman–Crippen LogP) is 1.81. The molecule has 0 amide bonds. The van der Waals surface area contributed by atoms with Gasteiger partial charge in [-0.25, -0.2) is 9.68 Å². The van der Waals surface area contributed by atoms with Crippen molar-refractivity contribution in [3.05, 3.63) is 12.7 Å². The molecule has 0 saturated heterocycles. The molecular formula is C9H16O4. The number of hydrogen-bond acceptors (Lipinski definition) is 4. The minimum atomic E-state index is -0.692. The van der Waals surface area contributed by atoms with E-state index in [4.69, 9.17) is 9.78 Å². The molecule has 0 aromatic rings. The number of esters is 1. The first-order valence-corrected chi connectivity index (χ1v) is 4.32. The van der Waals surface area contributed by atoms with E-state index in [1.165, 1.54) is 0 Å². The average molecular weight is 188 g/mol. The van der Waals surface area contributed by atoms with Crippen LogP contribution >= 0.6 is 0 Å². The first-order chi connectivity index (χ1) is 6.20. The zero-order valence-corrected chi connectivity index (χ0v) is 8.12. The Morgan fingerprint density at radius 3 is 2.85 bits per heavy atom. The number of ether oxygens (including phenoxy) is 1. The lowest BCUT2D eigenvalue weighted by Crippen LogP contribution is -2.17. The number of carbonyl (C=O) groups excluding carboxylic acids is 1. The molecule has 0 radical (unpaired) electrons. The summed E-state index contributed by atoms with van der Waals surface area (Å²) in [5.74, 6) is -0.522. The Hall–Kier alpha value is -0.870. The Morgan fingerprint density at radius 2 is 2.31 bits per heavy atom. The van der Waals surface area contributed by atoms with Crippen molar-refractivity contribution < 1.29 is 19.3 Å². The Morgan fingerprint density at radius 1 is 1.62 bits per heavy atom. The van der Waals surface area contributed by atoms with E-state index in [1.807, 2.05) is 6.92 Å². The second-order valence-electron chi connectivity index (χ2n) is 2.48. The number of unbranched alkanes of at least 4 members (excludes halogenated alkanes) is 1. The quantitative estimate of drug-likeness (QED) is 0.153. The Balaban J connectivity index is 3.34. The van der Waals surface area contributed by atoms with Crippen molar-refractivity contribution in [1.29, 1.82) is 0 Å². The molecule has 0 rings (SSSR count). The fourth-order valence-electron chi connectivity index (χ4n) is 0.579. The first kappa shape index (κ1) is 12.1. The van der Waals surface area contributed by atoms with Crippen LogP contribution in [0, 0.1) is 0 Å². The molecular weight excluding hydrogens is 172 g/mol. The summed E-state index contributed by atoms with van der Waals surface area (Å²) >= 11 is 0. The van der Waals surface area contributed by atoms with Crippen molar-refractivity contribution >= 4 is 5.97 Å². The van der Waals surface area contributed by atoms with Gasteiger partial charge in [-0.05, 0) is 6.42 Å². The average Bonchev–Trinajstić information content (AvgIpc) is 2.12. The van der Waals surface area contributed by atoms with E-state index >= 15 is 0 Å². The van der Waals surface area contributed by atoms with E-state index in [0.717, 1.165) is 18.9 Å². The summed E-state index contributed by atoms with van der Waals surface area (Å²) in [6.45, 7) is 7.38. The van der Waals surface area contributed by atoms with Gasteiger partial charge in [0.25, 0.3) is 0 Å². The standard InChI is InChI=1S/C9H16O4/c1-4-6-7-11-13-8(3)12-9(10)5-2/h5,8H,2,4,6-7H2,1,3H3. The first-order valence-electron chi connectivity index (χ1n) is 4.32. The summed E-state index contributed by atoms with van der Waals surface area (Å²) in [5, 5.41) is 0. The largest absolute Gasteiger partial charge is 0.430 e. The molecule has 0 aromatic heterocycles. The van der Waals surface area contributed by atoms with Gasteiger partial charge in [-0.2, -0.15) is 4.89 Å². The van der Waals surface area contributed by atoms with Crippen molar-refractivity contribution in [2.24, 2.45) is 0 Å². The van der Waals surface area contributed by atoms with Crippen LogP contribution in [-0.2, 0) is 19.3 Å². The van der Waals surface area contributed by atoms with Crippen LogP contribution in [0.25, 0.3) is 0 Å². The molecule has 0 spiro atoms. The van der Waals surface area contributed by atoms with Gasteiger partial charge in [-0.1, -0.05) is 19.9 Å². The topological polar surface area (TPSA) is 44.8 Å². The lowest BCUT2D eigenvalue weighted by Gasteiger charge is -2.10. The molecule has 0 aliphatic carbocycles. The van der Waals surface area contributed by atoms with E-state index in [-0.39, 0.29) is 0 Å². The van der Waals surface area contributed by atoms with E-state index < -0.39 is 12.3 Å². The fraction of sp³-hybridized carbons (Fsp3) is 0.667. The van der Waals surface area contributed by atoms with Crippen molar-refractivity contribution in [1.82, 2.24) is 0 Å². The molecule has 0 aliphatic rings. The predicted molar refractivity (Wildman–Crippen MR) is 47.7 cm³/mol. The van der Waals surface area contributed by atoms with Gasteiger partial charge in [0.2, 0.25) is 6.29 Å². The van der Waals surface area contributed by atoms with Crippen LogP contribution in [0.4, 0.5) is 0 Å². The molecule has 0 aliphatic heterocycles. The number of rotatable bonds is 7. The van der Waals surface area contributed by atoms with Crippen molar-refractivity contribution in [3.63, 3.8) is 0 Å². The van der Waals surface area contributed by atoms with Crippen LogP contribution in [0.2, 0.25) is 0 Å². The van der Waals surface area contributed by atoms with Gasteiger partial charge in [0, 0.05) is 13.0 Å². The minimum Gasteiger partial charge on any atom is -0.430 e. The molecule has 0 fully saturated rings. The lowest BCUT2D eigenvalue weighted by atomic mass is 10.4. The molecule has 1 unspecified atom stereocenters. The lowest BCUT2D eigenvalue weighted by molar-refractivity contribution is -0.364.